The van der Waals surface area contributed by atoms with Crippen LogP contribution in [0.15, 0.2) is 10.2 Å². The number of aliphatic carboxylic acids is 1. The van der Waals surface area contributed by atoms with Crippen molar-refractivity contribution in [3.05, 3.63) is 20.7 Å². The van der Waals surface area contributed by atoms with Crippen molar-refractivity contribution < 1.29 is 9.90 Å². The van der Waals surface area contributed by atoms with Crippen LogP contribution in [0.2, 0.25) is 0 Å². The van der Waals surface area contributed by atoms with Crippen molar-refractivity contribution in [3.8, 4) is 0 Å². The maximum Gasteiger partial charge on any atom is 0.323 e. The van der Waals surface area contributed by atoms with Crippen LogP contribution in [-0.2, 0) is 17.8 Å². The van der Waals surface area contributed by atoms with Crippen molar-refractivity contribution in [1.29, 1.82) is 0 Å². The molecule has 90 valence electrons. The Hall–Kier alpha value is -1.10. The summed E-state index contributed by atoms with van der Waals surface area (Å²) in [5.41, 5.74) is 0.855. The molecule has 0 aliphatic carbocycles. The molecule has 1 aromatic rings. The lowest BCUT2D eigenvalue weighted by atomic mass is 10.1. The van der Waals surface area contributed by atoms with Gasteiger partial charge in [0.05, 0.1) is 0 Å². The van der Waals surface area contributed by atoms with Gasteiger partial charge in [-0.3, -0.25) is 14.2 Å². The van der Waals surface area contributed by atoms with E-state index in [2.05, 4.69) is 6.92 Å². The summed E-state index contributed by atoms with van der Waals surface area (Å²) in [7, 11) is 0. The molecule has 0 aliphatic heterocycles. The van der Waals surface area contributed by atoms with Crippen LogP contribution in [0.25, 0.3) is 0 Å². The maximum absolute atomic E-state index is 11.4. The summed E-state index contributed by atoms with van der Waals surface area (Å²) >= 11 is 1.08. The normalized spacial score (nSPS) is 10.6. The van der Waals surface area contributed by atoms with Gasteiger partial charge in [-0.1, -0.05) is 37.5 Å². The van der Waals surface area contributed by atoms with Gasteiger partial charge in [0.25, 0.3) is 0 Å². The lowest BCUT2D eigenvalue weighted by Gasteiger charge is -2.04. The number of thiazole rings is 1. The smallest absolute Gasteiger partial charge is 0.323 e. The Labute approximate surface area is 98.5 Å². The Morgan fingerprint density at radius 2 is 2.19 bits per heavy atom. The molecule has 0 unspecified atom stereocenters. The zero-order valence-electron chi connectivity index (χ0n) is 9.44. The molecule has 1 aromatic heterocycles. The van der Waals surface area contributed by atoms with Crippen LogP contribution in [0, 0.1) is 0 Å². The van der Waals surface area contributed by atoms with Gasteiger partial charge < -0.3 is 5.11 Å². The van der Waals surface area contributed by atoms with E-state index in [1.54, 1.807) is 5.38 Å². The van der Waals surface area contributed by atoms with E-state index >= 15 is 0 Å². The van der Waals surface area contributed by atoms with Gasteiger partial charge in [-0.05, 0) is 12.8 Å². The summed E-state index contributed by atoms with van der Waals surface area (Å²) in [4.78, 5) is 21.8. The summed E-state index contributed by atoms with van der Waals surface area (Å²) in [5, 5.41) is 10.5. The SMILES string of the molecule is CCCCCCc1csc(=O)n1CC(=O)O. The molecule has 4 nitrogen and oxygen atoms in total. The van der Waals surface area contributed by atoms with Gasteiger partial charge >= 0.3 is 10.8 Å². The standard InChI is InChI=1S/C11H17NO3S/c1-2-3-4-5-6-9-8-16-11(15)12(9)7-10(13)14/h8H,2-7H2,1H3,(H,13,14). The number of carboxylic acids is 1. The summed E-state index contributed by atoms with van der Waals surface area (Å²) in [6, 6.07) is 0. The Kier molecular flexibility index (Phi) is 5.25. The summed E-state index contributed by atoms with van der Waals surface area (Å²) in [6.45, 7) is 1.93. The van der Waals surface area contributed by atoms with Crippen molar-refractivity contribution in [3.63, 3.8) is 0 Å². The van der Waals surface area contributed by atoms with E-state index in [-0.39, 0.29) is 11.4 Å². The fourth-order valence-electron chi connectivity index (χ4n) is 1.59. The monoisotopic (exact) mass is 243 g/mol. The van der Waals surface area contributed by atoms with Crippen LogP contribution in [0.4, 0.5) is 0 Å². The predicted molar refractivity (Wildman–Crippen MR) is 64.1 cm³/mol. The quantitative estimate of drug-likeness (QED) is 0.746. The minimum absolute atomic E-state index is 0.173. The van der Waals surface area contributed by atoms with Crippen LogP contribution in [0.5, 0.6) is 0 Å². The number of aryl methyl sites for hydroxylation is 1. The van der Waals surface area contributed by atoms with Crippen LogP contribution < -0.4 is 4.87 Å². The van der Waals surface area contributed by atoms with E-state index in [1.165, 1.54) is 17.4 Å². The molecule has 0 aliphatic rings. The van der Waals surface area contributed by atoms with E-state index in [0.29, 0.717) is 0 Å². The van der Waals surface area contributed by atoms with Crippen LogP contribution in [0.3, 0.4) is 0 Å². The molecule has 0 saturated carbocycles. The molecule has 1 N–H and O–H groups in total. The van der Waals surface area contributed by atoms with Crippen molar-refractivity contribution in [2.24, 2.45) is 0 Å². The number of rotatable bonds is 7. The van der Waals surface area contributed by atoms with Crippen molar-refractivity contribution in [2.45, 2.75) is 45.6 Å². The molecule has 0 atom stereocenters. The van der Waals surface area contributed by atoms with Gasteiger partial charge in [-0.15, -0.1) is 0 Å². The van der Waals surface area contributed by atoms with E-state index in [0.717, 1.165) is 36.3 Å². The number of carbonyl (C=O) groups is 1. The van der Waals surface area contributed by atoms with Gasteiger partial charge in [0, 0.05) is 11.1 Å². The second-order valence-corrected chi connectivity index (χ2v) is 4.60. The highest BCUT2D eigenvalue weighted by Crippen LogP contribution is 2.09. The average molecular weight is 243 g/mol. The number of hydrogen-bond acceptors (Lipinski definition) is 3. The van der Waals surface area contributed by atoms with Crippen molar-refractivity contribution >= 4 is 17.3 Å². The number of nitrogens with zero attached hydrogens (tertiary/aromatic N) is 1. The molecule has 16 heavy (non-hydrogen) atoms. The Morgan fingerprint density at radius 3 is 2.81 bits per heavy atom. The molecule has 1 rings (SSSR count). The van der Waals surface area contributed by atoms with E-state index in [4.69, 9.17) is 5.11 Å². The third-order valence-corrected chi connectivity index (χ3v) is 3.25. The largest absolute Gasteiger partial charge is 0.480 e. The topological polar surface area (TPSA) is 59.3 Å². The van der Waals surface area contributed by atoms with Crippen LogP contribution in [0.1, 0.15) is 38.3 Å². The van der Waals surface area contributed by atoms with Gasteiger partial charge in [0.15, 0.2) is 0 Å². The van der Waals surface area contributed by atoms with E-state index < -0.39 is 5.97 Å². The predicted octanol–water partition coefficient (Wildman–Crippen LogP) is 2.12. The van der Waals surface area contributed by atoms with Gasteiger partial charge in [-0.2, -0.15) is 0 Å². The number of hydrogen-bond donors (Lipinski definition) is 1. The molecule has 0 amide bonds. The fourth-order valence-corrected chi connectivity index (χ4v) is 2.38. The molecule has 0 saturated heterocycles. The number of carboxylic acid groups (broad SMARTS) is 1. The third kappa shape index (κ3) is 3.81. The first-order valence-corrected chi connectivity index (χ1v) is 6.42. The van der Waals surface area contributed by atoms with Gasteiger partial charge in [0.1, 0.15) is 6.54 Å². The molecule has 0 spiro atoms. The van der Waals surface area contributed by atoms with Gasteiger partial charge in [0.2, 0.25) is 0 Å². The average Bonchev–Trinajstić information content (AvgIpc) is 2.56. The van der Waals surface area contributed by atoms with Crippen molar-refractivity contribution in [1.82, 2.24) is 4.57 Å². The minimum Gasteiger partial charge on any atom is -0.480 e. The Balaban J connectivity index is 2.58. The highest BCUT2D eigenvalue weighted by Gasteiger charge is 2.09. The summed E-state index contributed by atoms with van der Waals surface area (Å²) in [5.74, 6) is -0.963. The fraction of sp³-hybridized carbons (Fsp3) is 0.636. The Bertz CT molecular complexity index is 394. The first-order chi connectivity index (χ1) is 7.65. The van der Waals surface area contributed by atoms with Crippen molar-refractivity contribution in [2.75, 3.05) is 0 Å². The minimum atomic E-state index is -0.963. The molecule has 0 bridgehead atoms. The second-order valence-electron chi connectivity index (χ2n) is 3.78. The Morgan fingerprint density at radius 1 is 1.44 bits per heavy atom. The lowest BCUT2D eigenvalue weighted by Crippen LogP contribution is -2.21. The molecular formula is C11H17NO3S. The van der Waals surface area contributed by atoms with Crippen LogP contribution in [-0.4, -0.2) is 15.6 Å². The molecule has 1 heterocycles. The summed E-state index contributed by atoms with van der Waals surface area (Å²) in [6.07, 6.45) is 5.31. The third-order valence-electron chi connectivity index (χ3n) is 2.44. The molecule has 5 heteroatoms. The second kappa shape index (κ2) is 6.48. The zero-order valence-corrected chi connectivity index (χ0v) is 10.3. The molecule has 0 radical (unpaired) electrons. The van der Waals surface area contributed by atoms with E-state index in [9.17, 15) is 9.59 Å². The zero-order chi connectivity index (χ0) is 12.0. The van der Waals surface area contributed by atoms with E-state index in [1.807, 2.05) is 0 Å². The highest BCUT2D eigenvalue weighted by atomic mass is 32.1. The highest BCUT2D eigenvalue weighted by molar-refractivity contribution is 7.07. The molecule has 0 aromatic carbocycles. The lowest BCUT2D eigenvalue weighted by molar-refractivity contribution is -0.137. The number of aromatic nitrogens is 1. The maximum atomic E-state index is 11.4. The first kappa shape index (κ1) is 13.0. The van der Waals surface area contributed by atoms with Crippen LogP contribution >= 0.6 is 11.3 Å². The molecule has 0 fully saturated rings. The summed E-state index contributed by atoms with van der Waals surface area (Å²) < 4.78 is 1.36. The number of unbranched alkanes of at least 4 members (excludes halogenated alkanes) is 3. The van der Waals surface area contributed by atoms with Gasteiger partial charge in [-0.25, -0.2) is 0 Å². The first-order valence-electron chi connectivity index (χ1n) is 5.54. The molecular weight excluding hydrogens is 226 g/mol.